The molecule has 2 heterocycles. The molecule has 0 saturated heterocycles. The van der Waals surface area contributed by atoms with Crippen LogP contribution in [0.4, 0.5) is 0 Å². The molecule has 4 nitrogen and oxygen atoms in total. The van der Waals surface area contributed by atoms with Crippen molar-refractivity contribution in [3.8, 4) is 0 Å². The van der Waals surface area contributed by atoms with Crippen molar-refractivity contribution in [2.24, 2.45) is 5.41 Å². The van der Waals surface area contributed by atoms with Crippen molar-refractivity contribution in [2.45, 2.75) is 44.9 Å². The van der Waals surface area contributed by atoms with E-state index in [1.54, 1.807) is 6.33 Å². The van der Waals surface area contributed by atoms with E-state index in [0.717, 1.165) is 5.78 Å². The van der Waals surface area contributed by atoms with Crippen molar-refractivity contribution >= 4 is 5.78 Å². The van der Waals surface area contributed by atoms with Gasteiger partial charge in [-0.1, -0.05) is 20.8 Å². The second kappa shape index (κ2) is 2.52. The second-order valence-electron chi connectivity index (χ2n) is 6.23. The Morgan fingerprint density at radius 1 is 1.35 bits per heavy atom. The lowest BCUT2D eigenvalue weighted by Gasteiger charge is -2.34. The van der Waals surface area contributed by atoms with E-state index in [0.29, 0.717) is 11.3 Å². The number of rotatable bonds is 0. The molecule has 0 aromatic carbocycles. The molecule has 17 heavy (non-hydrogen) atoms. The van der Waals surface area contributed by atoms with Gasteiger partial charge < -0.3 is 0 Å². The molecule has 88 valence electrons. The summed E-state index contributed by atoms with van der Waals surface area (Å²) in [5, 5.41) is 7.98. The molecule has 4 rings (SSSR count). The minimum absolute atomic E-state index is 0.209. The lowest BCUT2D eigenvalue weighted by atomic mass is 9.70. The molecule has 0 radical (unpaired) electrons. The van der Waals surface area contributed by atoms with Crippen molar-refractivity contribution in [1.29, 1.82) is 0 Å². The van der Waals surface area contributed by atoms with Crippen molar-refractivity contribution < 1.29 is 0 Å². The predicted octanol–water partition coefficient (Wildman–Crippen LogP) is 2.30. The molecule has 2 aromatic heterocycles. The van der Waals surface area contributed by atoms with Gasteiger partial charge in [0.05, 0.1) is 5.69 Å². The highest BCUT2D eigenvalue weighted by atomic mass is 15.3. The largest absolute Gasteiger partial charge is 0.273 e. The molecule has 1 saturated carbocycles. The quantitative estimate of drug-likeness (QED) is 0.695. The maximum Gasteiger partial charge on any atom is 0.255 e. The Bertz CT molecular complexity index is 627. The van der Waals surface area contributed by atoms with Crippen LogP contribution in [0.5, 0.6) is 0 Å². The summed E-state index contributed by atoms with van der Waals surface area (Å²) in [6.07, 6.45) is 6.46. The maximum absolute atomic E-state index is 4.76. The van der Waals surface area contributed by atoms with Gasteiger partial charge in [0, 0.05) is 11.6 Å². The number of hydrogen-bond acceptors (Lipinski definition) is 3. The first-order valence-corrected chi connectivity index (χ1v) is 6.25. The van der Waals surface area contributed by atoms with Gasteiger partial charge in [-0.2, -0.15) is 0 Å². The zero-order valence-corrected chi connectivity index (χ0v) is 10.4. The summed E-state index contributed by atoms with van der Waals surface area (Å²) < 4.78 is 1.94. The van der Waals surface area contributed by atoms with Crippen LogP contribution in [0.1, 0.15) is 50.8 Å². The van der Waals surface area contributed by atoms with Crippen molar-refractivity contribution in [3.63, 3.8) is 0 Å². The van der Waals surface area contributed by atoms with Crippen LogP contribution >= 0.6 is 0 Å². The summed E-state index contributed by atoms with van der Waals surface area (Å²) in [6.45, 7) is 7.12. The van der Waals surface area contributed by atoms with Crippen LogP contribution in [-0.4, -0.2) is 19.6 Å². The zero-order valence-electron chi connectivity index (χ0n) is 10.4. The minimum atomic E-state index is 0.209. The Balaban J connectivity index is 2.09. The van der Waals surface area contributed by atoms with Crippen molar-refractivity contribution in [1.82, 2.24) is 19.6 Å². The van der Waals surface area contributed by atoms with E-state index in [2.05, 4.69) is 37.2 Å². The summed E-state index contributed by atoms with van der Waals surface area (Å²) in [5.74, 6) is 1.37. The molecular formula is C13H16N4. The van der Waals surface area contributed by atoms with Gasteiger partial charge in [-0.25, -0.2) is 4.98 Å². The lowest BCUT2D eigenvalue weighted by Crippen LogP contribution is -2.32. The third-order valence-electron chi connectivity index (χ3n) is 5.44. The van der Waals surface area contributed by atoms with E-state index in [9.17, 15) is 0 Å². The lowest BCUT2D eigenvalue weighted by molar-refractivity contribution is 0.227. The maximum atomic E-state index is 4.76. The Labute approximate surface area is 100 Å². The summed E-state index contributed by atoms with van der Waals surface area (Å²) in [4.78, 5) is 4.76. The standard InChI is InChI=1S/C13H16N4/c1-12(2)9-4-5-13(12,3)10-8(9)6-17-7-14-16-11(17)15-10/h6-7,9H,4-5H2,1-3H3/t9-,13+/m1/s1. The molecule has 0 N–H and O–H groups in total. The van der Waals surface area contributed by atoms with Crippen LogP contribution in [0.15, 0.2) is 12.5 Å². The highest BCUT2D eigenvalue weighted by Gasteiger charge is 2.60. The SMILES string of the molecule is CC1(C)[C@@H]2CC[C@@]1(C)c1nc3nncn3cc12. The van der Waals surface area contributed by atoms with E-state index in [1.165, 1.54) is 24.1 Å². The van der Waals surface area contributed by atoms with Gasteiger partial charge in [0.2, 0.25) is 0 Å². The number of aromatic nitrogens is 4. The normalized spacial score (nSPS) is 33.2. The van der Waals surface area contributed by atoms with Crippen LogP contribution in [0, 0.1) is 5.41 Å². The van der Waals surface area contributed by atoms with Gasteiger partial charge >= 0.3 is 0 Å². The van der Waals surface area contributed by atoms with Gasteiger partial charge in [0.1, 0.15) is 6.33 Å². The Morgan fingerprint density at radius 3 is 3.00 bits per heavy atom. The number of nitrogens with zero attached hydrogens (tertiary/aromatic N) is 4. The third-order valence-corrected chi connectivity index (χ3v) is 5.44. The molecule has 0 unspecified atom stereocenters. The van der Waals surface area contributed by atoms with Gasteiger partial charge in [-0.05, 0) is 29.7 Å². The van der Waals surface area contributed by atoms with Crippen LogP contribution in [0.2, 0.25) is 0 Å². The molecule has 4 heteroatoms. The summed E-state index contributed by atoms with van der Waals surface area (Å²) in [6, 6.07) is 0. The summed E-state index contributed by atoms with van der Waals surface area (Å²) in [5.41, 5.74) is 3.20. The molecule has 2 aliphatic carbocycles. The van der Waals surface area contributed by atoms with Gasteiger partial charge in [-0.15, -0.1) is 10.2 Å². The topological polar surface area (TPSA) is 43.1 Å². The number of hydrogen-bond donors (Lipinski definition) is 0. The first kappa shape index (κ1) is 9.57. The van der Waals surface area contributed by atoms with Crippen LogP contribution in [0.3, 0.4) is 0 Å². The molecule has 2 atom stereocenters. The molecule has 2 bridgehead atoms. The van der Waals surface area contributed by atoms with E-state index < -0.39 is 0 Å². The van der Waals surface area contributed by atoms with Gasteiger partial charge in [-0.3, -0.25) is 4.40 Å². The van der Waals surface area contributed by atoms with E-state index in [-0.39, 0.29) is 5.41 Å². The highest BCUT2D eigenvalue weighted by molar-refractivity contribution is 5.47. The molecule has 1 fully saturated rings. The monoisotopic (exact) mass is 228 g/mol. The van der Waals surface area contributed by atoms with Crippen molar-refractivity contribution in [3.05, 3.63) is 23.8 Å². The fourth-order valence-corrected chi connectivity index (χ4v) is 3.95. The average Bonchev–Trinajstić information content (AvgIpc) is 2.85. The van der Waals surface area contributed by atoms with Crippen molar-refractivity contribution in [2.75, 3.05) is 0 Å². The van der Waals surface area contributed by atoms with Gasteiger partial charge in [0.15, 0.2) is 0 Å². The molecule has 2 aliphatic rings. The van der Waals surface area contributed by atoms with E-state index in [4.69, 9.17) is 4.98 Å². The Kier molecular flexibility index (Phi) is 1.42. The first-order valence-electron chi connectivity index (χ1n) is 6.25. The smallest absolute Gasteiger partial charge is 0.255 e. The molecule has 0 amide bonds. The Morgan fingerprint density at radius 2 is 2.18 bits per heavy atom. The minimum Gasteiger partial charge on any atom is -0.273 e. The molecule has 0 aliphatic heterocycles. The average molecular weight is 228 g/mol. The first-order chi connectivity index (χ1) is 8.04. The van der Waals surface area contributed by atoms with Gasteiger partial charge in [0.25, 0.3) is 5.78 Å². The van der Waals surface area contributed by atoms with Crippen LogP contribution in [0.25, 0.3) is 5.78 Å². The fourth-order valence-electron chi connectivity index (χ4n) is 3.95. The predicted molar refractivity (Wildman–Crippen MR) is 63.9 cm³/mol. The second-order valence-corrected chi connectivity index (χ2v) is 6.23. The fraction of sp³-hybridized carbons (Fsp3) is 0.615. The van der Waals surface area contributed by atoms with Crippen LogP contribution in [-0.2, 0) is 5.41 Å². The third kappa shape index (κ3) is 0.862. The van der Waals surface area contributed by atoms with Crippen LogP contribution < -0.4 is 0 Å². The highest BCUT2D eigenvalue weighted by Crippen LogP contribution is 2.66. The zero-order chi connectivity index (χ0) is 11.8. The summed E-state index contributed by atoms with van der Waals surface area (Å²) >= 11 is 0. The van der Waals surface area contributed by atoms with E-state index in [1.807, 2.05) is 4.40 Å². The van der Waals surface area contributed by atoms with E-state index >= 15 is 0 Å². The molecular weight excluding hydrogens is 212 g/mol. The molecule has 0 spiro atoms. The number of fused-ring (bicyclic) bond motifs is 6. The Hall–Kier alpha value is -1.45. The molecule has 2 aromatic rings. The summed E-state index contributed by atoms with van der Waals surface area (Å²) in [7, 11) is 0.